The minimum absolute atomic E-state index is 0. The molecule has 1 aromatic heterocycles. The predicted molar refractivity (Wildman–Crippen MR) is 96.8 cm³/mol. The minimum Gasteiger partial charge on any atom is -0.342 e. The Morgan fingerprint density at radius 1 is 1.36 bits per heavy atom. The molecule has 0 bridgehead atoms. The molecule has 7 heteroatoms. The highest BCUT2D eigenvalue weighted by Crippen LogP contribution is 2.23. The average molecular weight is 405 g/mol. The van der Waals surface area contributed by atoms with Crippen LogP contribution in [0.25, 0.3) is 0 Å². The Labute approximate surface area is 149 Å². The van der Waals surface area contributed by atoms with Crippen LogP contribution in [-0.2, 0) is 12.0 Å². The van der Waals surface area contributed by atoms with E-state index in [0.717, 1.165) is 15.0 Å². The number of thiazole rings is 1. The first-order valence-corrected chi connectivity index (χ1v) is 8.32. The molecule has 1 aromatic carbocycles. The van der Waals surface area contributed by atoms with Gasteiger partial charge in [-0.3, -0.25) is 4.79 Å². The maximum absolute atomic E-state index is 12.3. The van der Waals surface area contributed by atoms with E-state index in [4.69, 9.17) is 5.73 Å². The number of carbonyl (C=O) groups excluding carboxylic acids is 1. The number of benzene rings is 1. The third-order valence-corrected chi connectivity index (χ3v) is 4.57. The Bertz CT molecular complexity index is 628. The number of rotatable bonds is 5. The number of amides is 1. The highest BCUT2D eigenvalue weighted by molar-refractivity contribution is 9.10. The third-order valence-electron chi connectivity index (χ3n) is 3.13. The molecule has 120 valence electrons. The van der Waals surface area contributed by atoms with Crippen LogP contribution in [0.4, 0.5) is 0 Å². The lowest BCUT2D eigenvalue weighted by Crippen LogP contribution is -2.41. The van der Waals surface area contributed by atoms with Crippen LogP contribution in [0.5, 0.6) is 0 Å². The lowest BCUT2D eigenvalue weighted by atomic mass is 9.94. The van der Waals surface area contributed by atoms with E-state index in [1.807, 2.05) is 38.1 Å². The molecule has 4 nitrogen and oxygen atoms in total. The highest BCUT2D eigenvalue weighted by Gasteiger charge is 2.24. The summed E-state index contributed by atoms with van der Waals surface area (Å²) in [4.78, 5) is 16.6. The summed E-state index contributed by atoms with van der Waals surface area (Å²) >= 11 is 4.88. The average Bonchev–Trinajstić information content (AvgIpc) is 2.88. The van der Waals surface area contributed by atoms with E-state index >= 15 is 0 Å². The fourth-order valence-electron chi connectivity index (χ4n) is 1.94. The zero-order valence-corrected chi connectivity index (χ0v) is 15.6. The van der Waals surface area contributed by atoms with E-state index in [1.54, 1.807) is 5.38 Å². The number of aromatic nitrogens is 1. The first-order valence-electron chi connectivity index (χ1n) is 6.65. The Kier molecular flexibility index (Phi) is 6.99. The molecule has 0 spiro atoms. The lowest BCUT2D eigenvalue weighted by molar-refractivity contribution is 0.0907. The van der Waals surface area contributed by atoms with Gasteiger partial charge in [0.15, 0.2) is 0 Å². The molecule has 2 rings (SSSR count). The Balaban J connectivity index is 0.00000242. The Morgan fingerprint density at radius 2 is 2.00 bits per heavy atom. The van der Waals surface area contributed by atoms with Gasteiger partial charge in [-0.05, 0) is 38.1 Å². The van der Waals surface area contributed by atoms with E-state index in [9.17, 15) is 4.79 Å². The molecule has 0 aliphatic carbocycles. The first kappa shape index (κ1) is 19.1. The molecular weight excluding hydrogens is 386 g/mol. The molecule has 0 fully saturated rings. The van der Waals surface area contributed by atoms with Gasteiger partial charge in [0, 0.05) is 16.3 Å². The molecule has 22 heavy (non-hydrogen) atoms. The SMILES string of the molecule is CC(C)(NC(=O)c1csc(CCN)n1)c1ccc(Br)cc1.Cl. The molecular formula is C15H19BrClN3OS. The van der Waals surface area contributed by atoms with Crippen LogP contribution in [0.3, 0.4) is 0 Å². The van der Waals surface area contributed by atoms with Crippen molar-refractivity contribution in [1.82, 2.24) is 10.3 Å². The van der Waals surface area contributed by atoms with Crippen LogP contribution in [0.2, 0.25) is 0 Å². The maximum Gasteiger partial charge on any atom is 0.271 e. The second kappa shape index (κ2) is 8.06. The van der Waals surface area contributed by atoms with Crippen LogP contribution in [-0.4, -0.2) is 17.4 Å². The molecule has 0 radical (unpaired) electrons. The van der Waals surface area contributed by atoms with E-state index < -0.39 is 5.54 Å². The summed E-state index contributed by atoms with van der Waals surface area (Å²) in [7, 11) is 0. The Hall–Kier alpha value is -0.950. The van der Waals surface area contributed by atoms with Crippen molar-refractivity contribution in [2.75, 3.05) is 6.54 Å². The summed E-state index contributed by atoms with van der Waals surface area (Å²) in [5, 5.41) is 5.69. The molecule has 3 N–H and O–H groups in total. The summed E-state index contributed by atoms with van der Waals surface area (Å²) < 4.78 is 1.01. The van der Waals surface area contributed by atoms with Gasteiger partial charge in [-0.25, -0.2) is 4.98 Å². The second-order valence-corrected chi connectivity index (χ2v) is 7.11. The fraction of sp³-hybridized carbons (Fsp3) is 0.333. The largest absolute Gasteiger partial charge is 0.342 e. The van der Waals surface area contributed by atoms with Gasteiger partial charge in [0.1, 0.15) is 5.69 Å². The van der Waals surface area contributed by atoms with Crippen LogP contribution < -0.4 is 11.1 Å². The van der Waals surface area contributed by atoms with Gasteiger partial charge in [0.25, 0.3) is 5.91 Å². The van der Waals surface area contributed by atoms with E-state index in [1.165, 1.54) is 11.3 Å². The van der Waals surface area contributed by atoms with Crippen molar-refractivity contribution < 1.29 is 4.79 Å². The number of hydrogen-bond donors (Lipinski definition) is 2. The van der Waals surface area contributed by atoms with E-state index in [2.05, 4.69) is 26.2 Å². The van der Waals surface area contributed by atoms with Crippen molar-refractivity contribution in [2.45, 2.75) is 25.8 Å². The molecule has 0 atom stereocenters. The standard InChI is InChI=1S/C15H18BrN3OS.ClH/c1-15(2,10-3-5-11(16)6-4-10)19-14(20)12-9-21-13(18-12)7-8-17;/h3-6,9H,7-8,17H2,1-2H3,(H,19,20);1H. The van der Waals surface area contributed by atoms with Crippen molar-refractivity contribution in [1.29, 1.82) is 0 Å². The van der Waals surface area contributed by atoms with Crippen molar-refractivity contribution in [3.05, 3.63) is 50.4 Å². The predicted octanol–water partition coefficient (Wildman–Crippen LogP) is 3.49. The molecule has 0 unspecified atom stereocenters. The lowest BCUT2D eigenvalue weighted by Gasteiger charge is -2.26. The number of nitrogens with two attached hydrogens (primary N) is 1. The first-order chi connectivity index (χ1) is 9.92. The number of hydrogen-bond acceptors (Lipinski definition) is 4. The minimum atomic E-state index is -0.463. The van der Waals surface area contributed by atoms with Crippen molar-refractivity contribution in [2.24, 2.45) is 5.73 Å². The molecule has 0 saturated carbocycles. The summed E-state index contributed by atoms with van der Waals surface area (Å²) in [6.07, 6.45) is 0.702. The van der Waals surface area contributed by atoms with E-state index in [0.29, 0.717) is 18.7 Å². The van der Waals surface area contributed by atoms with Gasteiger partial charge >= 0.3 is 0 Å². The summed E-state index contributed by atoms with van der Waals surface area (Å²) in [5.74, 6) is -0.164. The van der Waals surface area contributed by atoms with Gasteiger partial charge in [-0.1, -0.05) is 28.1 Å². The normalized spacial score (nSPS) is 10.9. The van der Waals surface area contributed by atoms with Crippen molar-refractivity contribution in [3.8, 4) is 0 Å². The smallest absolute Gasteiger partial charge is 0.271 e. The topological polar surface area (TPSA) is 68.0 Å². The number of halogens is 2. The van der Waals surface area contributed by atoms with Gasteiger partial charge in [0.05, 0.1) is 10.5 Å². The Morgan fingerprint density at radius 3 is 2.59 bits per heavy atom. The second-order valence-electron chi connectivity index (χ2n) is 5.25. The molecule has 0 saturated heterocycles. The monoisotopic (exact) mass is 403 g/mol. The van der Waals surface area contributed by atoms with Gasteiger partial charge in [0.2, 0.25) is 0 Å². The molecule has 1 heterocycles. The van der Waals surface area contributed by atoms with Crippen LogP contribution >= 0.6 is 39.7 Å². The van der Waals surface area contributed by atoms with Crippen LogP contribution in [0.15, 0.2) is 34.1 Å². The van der Waals surface area contributed by atoms with Crippen molar-refractivity contribution in [3.63, 3.8) is 0 Å². The molecule has 0 aliphatic rings. The molecule has 2 aromatic rings. The zero-order valence-electron chi connectivity index (χ0n) is 12.4. The van der Waals surface area contributed by atoms with Gasteiger partial charge in [-0.15, -0.1) is 23.7 Å². The van der Waals surface area contributed by atoms with E-state index in [-0.39, 0.29) is 18.3 Å². The number of nitrogens with one attached hydrogen (secondary N) is 1. The quantitative estimate of drug-likeness (QED) is 0.801. The van der Waals surface area contributed by atoms with Crippen molar-refractivity contribution >= 4 is 45.6 Å². The maximum atomic E-state index is 12.3. The third kappa shape index (κ3) is 4.78. The number of nitrogens with zero attached hydrogens (tertiary/aromatic N) is 1. The summed E-state index contributed by atoms with van der Waals surface area (Å²) in [5.41, 5.74) is 6.53. The summed E-state index contributed by atoms with van der Waals surface area (Å²) in [6, 6.07) is 7.91. The molecule has 0 aliphatic heterocycles. The highest BCUT2D eigenvalue weighted by atomic mass is 79.9. The molecule has 1 amide bonds. The van der Waals surface area contributed by atoms with Gasteiger partial charge < -0.3 is 11.1 Å². The van der Waals surface area contributed by atoms with Crippen LogP contribution in [0.1, 0.15) is 34.9 Å². The number of carbonyl (C=O) groups is 1. The zero-order chi connectivity index (χ0) is 15.5. The van der Waals surface area contributed by atoms with Crippen LogP contribution in [0, 0.1) is 0 Å². The van der Waals surface area contributed by atoms with Gasteiger partial charge in [-0.2, -0.15) is 0 Å². The fourth-order valence-corrected chi connectivity index (χ4v) is 3.00. The summed E-state index contributed by atoms with van der Waals surface area (Å²) in [6.45, 7) is 4.49.